The Morgan fingerprint density at radius 2 is 2.05 bits per heavy atom. The number of hydrogen-bond acceptors (Lipinski definition) is 1. The van der Waals surface area contributed by atoms with Crippen LogP contribution in [-0.2, 0) is 5.41 Å². The lowest BCUT2D eigenvalue weighted by Crippen LogP contribution is -2.47. The minimum atomic E-state index is 0.133. The highest BCUT2D eigenvalue weighted by molar-refractivity contribution is 9.10. The Hall–Kier alpha value is -1.02. The zero-order chi connectivity index (χ0) is 14.4. The van der Waals surface area contributed by atoms with E-state index in [0.717, 1.165) is 4.47 Å². The van der Waals surface area contributed by atoms with Crippen LogP contribution in [0.3, 0.4) is 0 Å². The summed E-state index contributed by atoms with van der Waals surface area (Å²) in [7, 11) is 2.11. The summed E-state index contributed by atoms with van der Waals surface area (Å²) in [6.07, 6.45) is 9.52. The van der Waals surface area contributed by atoms with Gasteiger partial charge in [-0.25, -0.2) is 0 Å². The van der Waals surface area contributed by atoms with Crippen molar-refractivity contribution in [3.63, 3.8) is 0 Å². The second kappa shape index (κ2) is 4.77. The molecule has 0 N–H and O–H groups in total. The van der Waals surface area contributed by atoms with E-state index in [-0.39, 0.29) is 5.41 Å². The monoisotopic (exact) mass is 331 g/mol. The Morgan fingerprint density at radius 1 is 1.35 bits per heavy atom. The molecule has 106 valence electrons. The van der Waals surface area contributed by atoms with E-state index in [0.29, 0.717) is 5.41 Å². The standard InChI is InChI=1S/C18H22BrN/c1-4-10-20(3)14(2)18(12-17(13-18)8-9-17)15-6-5-7-16(19)11-15/h4-7,10-11H,2,8-9,12-13H2,1,3H3/b10-4-. The third-order valence-corrected chi connectivity index (χ3v) is 5.53. The summed E-state index contributed by atoms with van der Waals surface area (Å²) in [4.78, 5) is 2.19. The van der Waals surface area contributed by atoms with E-state index in [1.54, 1.807) is 0 Å². The number of nitrogens with zero attached hydrogens (tertiary/aromatic N) is 1. The molecule has 1 aromatic carbocycles. The molecular formula is C18H22BrN. The van der Waals surface area contributed by atoms with Crippen LogP contribution in [0.25, 0.3) is 0 Å². The maximum Gasteiger partial charge on any atom is 0.0360 e. The Morgan fingerprint density at radius 3 is 2.60 bits per heavy atom. The first-order chi connectivity index (χ1) is 9.51. The molecule has 0 unspecified atom stereocenters. The molecule has 0 radical (unpaired) electrons. The van der Waals surface area contributed by atoms with Gasteiger partial charge in [0.2, 0.25) is 0 Å². The van der Waals surface area contributed by atoms with Crippen LogP contribution >= 0.6 is 15.9 Å². The highest BCUT2D eigenvalue weighted by Crippen LogP contribution is 2.71. The summed E-state index contributed by atoms with van der Waals surface area (Å²) in [5, 5.41) is 0. The molecule has 2 fully saturated rings. The SMILES string of the molecule is C=C(N(C)/C=C\C)C1(c2cccc(Br)c2)CC2(CC2)C1. The van der Waals surface area contributed by atoms with Crippen molar-refractivity contribution >= 4 is 15.9 Å². The largest absolute Gasteiger partial charge is 0.354 e. The summed E-state index contributed by atoms with van der Waals surface area (Å²) in [6, 6.07) is 8.77. The number of halogens is 1. The molecule has 2 heteroatoms. The van der Waals surface area contributed by atoms with Crippen LogP contribution in [0.1, 0.15) is 38.2 Å². The normalized spacial score (nSPS) is 21.8. The van der Waals surface area contributed by atoms with Gasteiger partial charge in [-0.3, -0.25) is 0 Å². The topological polar surface area (TPSA) is 3.24 Å². The molecule has 3 rings (SSSR count). The third-order valence-electron chi connectivity index (χ3n) is 5.04. The van der Waals surface area contributed by atoms with Crippen LogP contribution in [0.5, 0.6) is 0 Å². The Balaban J connectivity index is 1.95. The molecule has 0 amide bonds. The molecule has 1 aromatic rings. The van der Waals surface area contributed by atoms with Gasteiger partial charge >= 0.3 is 0 Å². The van der Waals surface area contributed by atoms with Gasteiger partial charge in [0.15, 0.2) is 0 Å². The summed E-state index contributed by atoms with van der Waals surface area (Å²) in [5.74, 6) is 0. The van der Waals surface area contributed by atoms with E-state index in [1.165, 1.54) is 36.9 Å². The minimum absolute atomic E-state index is 0.133. The van der Waals surface area contributed by atoms with Crippen molar-refractivity contribution in [1.82, 2.24) is 4.90 Å². The molecule has 0 aromatic heterocycles. The Bertz CT molecular complexity index is 561. The van der Waals surface area contributed by atoms with E-state index in [9.17, 15) is 0 Å². The number of hydrogen-bond donors (Lipinski definition) is 0. The van der Waals surface area contributed by atoms with Gasteiger partial charge in [-0.15, -0.1) is 0 Å². The second-order valence-electron chi connectivity index (χ2n) is 6.49. The summed E-state index contributed by atoms with van der Waals surface area (Å²) in [5.41, 5.74) is 3.41. The van der Waals surface area contributed by atoms with Crippen LogP contribution in [0, 0.1) is 5.41 Å². The molecule has 0 bridgehead atoms. The maximum atomic E-state index is 4.43. The molecule has 0 heterocycles. The molecule has 1 nitrogen and oxygen atoms in total. The molecule has 20 heavy (non-hydrogen) atoms. The van der Waals surface area contributed by atoms with E-state index < -0.39 is 0 Å². The van der Waals surface area contributed by atoms with Gasteiger partial charge in [-0.05, 0) is 61.9 Å². The van der Waals surface area contributed by atoms with Gasteiger partial charge < -0.3 is 4.90 Å². The average Bonchev–Trinajstić information content (AvgIpc) is 3.16. The van der Waals surface area contributed by atoms with Crippen molar-refractivity contribution in [3.05, 3.63) is 58.9 Å². The second-order valence-corrected chi connectivity index (χ2v) is 7.40. The summed E-state index contributed by atoms with van der Waals surface area (Å²) >= 11 is 3.61. The Labute approximate surface area is 130 Å². The molecule has 0 saturated heterocycles. The van der Waals surface area contributed by atoms with Gasteiger partial charge in [-0.2, -0.15) is 0 Å². The molecule has 2 saturated carbocycles. The molecule has 0 aliphatic heterocycles. The van der Waals surface area contributed by atoms with E-state index >= 15 is 0 Å². The van der Waals surface area contributed by atoms with Gasteiger partial charge in [0, 0.05) is 22.6 Å². The van der Waals surface area contributed by atoms with Gasteiger partial charge in [-0.1, -0.05) is 40.7 Å². The fourth-order valence-corrected chi connectivity index (χ4v) is 4.17. The first kappa shape index (κ1) is 13.9. The number of rotatable bonds is 4. The predicted octanol–water partition coefficient (Wildman–Crippen LogP) is 5.24. The number of allylic oxidation sites excluding steroid dienone is 2. The molecule has 0 atom stereocenters. The average molecular weight is 332 g/mol. The molecule has 1 spiro atoms. The zero-order valence-electron chi connectivity index (χ0n) is 12.3. The van der Waals surface area contributed by atoms with Gasteiger partial charge in [0.1, 0.15) is 0 Å². The van der Waals surface area contributed by atoms with Crippen molar-refractivity contribution in [2.45, 2.75) is 38.0 Å². The van der Waals surface area contributed by atoms with Crippen LogP contribution in [0.15, 0.2) is 53.3 Å². The first-order valence-electron chi connectivity index (χ1n) is 7.32. The highest BCUT2D eigenvalue weighted by Gasteiger charge is 2.62. The van der Waals surface area contributed by atoms with Crippen molar-refractivity contribution in [2.24, 2.45) is 5.41 Å². The smallest absolute Gasteiger partial charge is 0.0360 e. The van der Waals surface area contributed by atoms with Crippen LogP contribution < -0.4 is 0 Å². The Kier molecular flexibility index (Phi) is 3.32. The van der Waals surface area contributed by atoms with Crippen molar-refractivity contribution in [2.75, 3.05) is 7.05 Å². The highest BCUT2D eigenvalue weighted by atomic mass is 79.9. The van der Waals surface area contributed by atoms with E-state index in [2.05, 4.69) is 77.9 Å². The van der Waals surface area contributed by atoms with Crippen molar-refractivity contribution < 1.29 is 0 Å². The van der Waals surface area contributed by atoms with Crippen molar-refractivity contribution in [1.29, 1.82) is 0 Å². The van der Waals surface area contributed by atoms with Gasteiger partial charge in [0.05, 0.1) is 0 Å². The van der Waals surface area contributed by atoms with Crippen LogP contribution in [-0.4, -0.2) is 11.9 Å². The summed E-state index contributed by atoms with van der Waals surface area (Å²) < 4.78 is 1.16. The maximum absolute atomic E-state index is 4.43. The first-order valence-corrected chi connectivity index (χ1v) is 8.12. The zero-order valence-corrected chi connectivity index (χ0v) is 13.9. The lowest BCUT2D eigenvalue weighted by molar-refractivity contribution is 0.131. The minimum Gasteiger partial charge on any atom is -0.354 e. The summed E-state index contributed by atoms with van der Waals surface area (Å²) in [6.45, 7) is 6.48. The number of likely N-dealkylation sites (N-methyl/N-ethyl adjacent to an activating group) is 1. The van der Waals surface area contributed by atoms with Gasteiger partial charge in [0.25, 0.3) is 0 Å². The quantitative estimate of drug-likeness (QED) is 0.729. The van der Waals surface area contributed by atoms with E-state index in [1.807, 2.05) is 0 Å². The van der Waals surface area contributed by atoms with Crippen LogP contribution in [0.4, 0.5) is 0 Å². The van der Waals surface area contributed by atoms with Crippen LogP contribution in [0.2, 0.25) is 0 Å². The fraction of sp³-hybridized carbons (Fsp3) is 0.444. The number of benzene rings is 1. The molecular weight excluding hydrogens is 310 g/mol. The van der Waals surface area contributed by atoms with Crippen molar-refractivity contribution in [3.8, 4) is 0 Å². The molecule has 2 aliphatic rings. The molecule has 2 aliphatic carbocycles. The predicted molar refractivity (Wildman–Crippen MR) is 88.4 cm³/mol. The lowest BCUT2D eigenvalue weighted by Gasteiger charge is -2.52. The third kappa shape index (κ3) is 2.14. The van der Waals surface area contributed by atoms with E-state index in [4.69, 9.17) is 0 Å². The lowest BCUT2D eigenvalue weighted by atomic mass is 9.55. The fourth-order valence-electron chi connectivity index (χ4n) is 3.77.